The Hall–Kier alpha value is -0.900. The molecule has 0 aliphatic carbocycles. The van der Waals surface area contributed by atoms with Crippen LogP contribution in [0, 0.1) is 5.82 Å². The number of phenolic OH excluding ortho intramolecular Hbond substituents is 1. The summed E-state index contributed by atoms with van der Waals surface area (Å²) in [6, 6.07) is 2.24. The quantitative estimate of drug-likeness (QED) is 0.756. The van der Waals surface area contributed by atoms with Gasteiger partial charge in [0.2, 0.25) is 0 Å². The summed E-state index contributed by atoms with van der Waals surface area (Å²) >= 11 is 2.88. The van der Waals surface area contributed by atoms with Crippen molar-refractivity contribution in [2.24, 2.45) is 0 Å². The molecular formula is C8H6BrFO2. The molecule has 0 radical (unpaired) electrons. The second-order valence-corrected chi connectivity index (χ2v) is 3.10. The van der Waals surface area contributed by atoms with Crippen molar-refractivity contribution in [3.63, 3.8) is 0 Å². The zero-order valence-corrected chi connectivity index (χ0v) is 7.85. The smallest absolute Gasteiger partial charge is 0.164 e. The summed E-state index contributed by atoms with van der Waals surface area (Å²) in [5, 5.41) is 9.17. The van der Waals surface area contributed by atoms with Gasteiger partial charge in [-0.25, -0.2) is 4.39 Å². The molecule has 0 fully saturated rings. The molecule has 0 atom stereocenters. The van der Waals surface area contributed by atoms with Gasteiger partial charge < -0.3 is 5.11 Å². The SMILES string of the molecule is CC(=O)c1c(O)ccc(F)c1Br. The minimum absolute atomic E-state index is 0.00926. The average Bonchev–Trinajstić information content (AvgIpc) is 1.97. The summed E-state index contributed by atoms with van der Waals surface area (Å²) in [6.45, 7) is 1.26. The normalized spacial score (nSPS) is 9.92. The topological polar surface area (TPSA) is 37.3 Å². The van der Waals surface area contributed by atoms with Gasteiger partial charge in [0.25, 0.3) is 0 Å². The Bertz CT molecular complexity index is 336. The van der Waals surface area contributed by atoms with E-state index in [-0.39, 0.29) is 21.6 Å². The highest BCUT2D eigenvalue weighted by Crippen LogP contribution is 2.28. The minimum Gasteiger partial charge on any atom is -0.507 e. The lowest BCUT2D eigenvalue weighted by atomic mass is 10.1. The molecule has 1 N–H and O–H groups in total. The molecule has 0 heterocycles. The minimum atomic E-state index is -0.557. The molecule has 1 aromatic rings. The Labute approximate surface area is 77.2 Å². The maximum Gasteiger partial charge on any atom is 0.164 e. The van der Waals surface area contributed by atoms with E-state index in [1.807, 2.05) is 0 Å². The molecule has 0 saturated heterocycles. The van der Waals surface area contributed by atoms with Gasteiger partial charge in [-0.3, -0.25) is 4.79 Å². The monoisotopic (exact) mass is 232 g/mol. The van der Waals surface area contributed by atoms with Crippen molar-refractivity contribution >= 4 is 21.7 Å². The second kappa shape index (κ2) is 3.23. The molecule has 1 rings (SSSR count). The van der Waals surface area contributed by atoms with Gasteiger partial charge in [0, 0.05) is 0 Å². The number of hydrogen-bond acceptors (Lipinski definition) is 2. The molecule has 2 nitrogen and oxygen atoms in total. The number of carbonyl (C=O) groups excluding carboxylic acids is 1. The fraction of sp³-hybridized carbons (Fsp3) is 0.125. The summed E-state index contributed by atoms with van der Waals surface area (Å²) in [6.07, 6.45) is 0. The first kappa shape index (κ1) is 9.19. The van der Waals surface area contributed by atoms with E-state index < -0.39 is 5.82 Å². The second-order valence-electron chi connectivity index (χ2n) is 2.31. The zero-order chi connectivity index (χ0) is 9.30. The fourth-order valence-corrected chi connectivity index (χ4v) is 1.49. The highest BCUT2D eigenvalue weighted by Gasteiger charge is 2.14. The first-order valence-corrected chi connectivity index (χ1v) is 4.01. The highest BCUT2D eigenvalue weighted by molar-refractivity contribution is 9.10. The molecule has 12 heavy (non-hydrogen) atoms. The Morgan fingerprint density at radius 3 is 2.58 bits per heavy atom. The summed E-state index contributed by atoms with van der Waals surface area (Å²) in [5.74, 6) is -1.15. The molecule has 0 saturated carbocycles. The maximum absolute atomic E-state index is 12.8. The van der Waals surface area contributed by atoms with E-state index in [1.165, 1.54) is 6.92 Å². The molecule has 0 bridgehead atoms. The van der Waals surface area contributed by atoms with Gasteiger partial charge in [-0.1, -0.05) is 0 Å². The third-order valence-corrected chi connectivity index (χ3v) is 2.20. The van der Waals surface area contributed by atoms with Crippen LogP contribution in [-0.2, 0) is 0 Å². The van der Waals surface area contributed by atoms with Crippen LogP contribution >= 0.6 is 15.9 Å². The fourth-order valence-electron chi connectivity index (χ4n) is 0.875. The number of carbonyl (C=O) groups is 1. The third kappa shape index (κ3) is 1.48. The predicted octanol–water partition coefficient (Wildman–Crippen LogP) is 2.50. The van der Waals surface area contributed by atoms with Gasteiger partial charge in [0.15, 0.2) is 5.78 Å². The predicted molar refractivity (Wildman–Crippen MR) is 45.8 cm³/mol. The van der Waals surface area contributed by atoms with Gasteiger partial charge in [-0.05, 0) is 35.0 Å². The molecule has 4 heteroatoms. The van der Waals surface area contributed by atoms with E-state index in [0.29, 0.717) is 0 Å². The lowest BCUT2D eigenvalue weighted by molar-refractivity contribution is 0.101. The maximum atomic E-state index is 12.8. The van der Waals surface area contributed by atoms with Crippen molar-refractivity contribution in [1.82, 2.24) is 0 Å². The Morgan fingerprint density at radius 2 is 2.17 bits per heavy atom. The molecule has 0 aromatic heterocycles. The Kier molecular flexibility index (Phi) is 2.47. The summed E-state index contributed by atoms with van der Waals surface area (Å²) in [4.78, 5) is 10.9. The van der Waals surface area contributed by atoms with Gasteiger partial charge >= 0.3 is 0 Å². The number of Topliss-reactive ketones (excluding diaryl/α,β-unsaturated/α-hetero) is 1. The van der Waals surface area contributed by atoms with Crippen molar-refractivity contribution in [1.29, 1.82) is 0 Å². The van der Waals surface area contributed by atoms with Crippen molar-refractivity contribution in [2.75, 3.05) is 0 Å². The summed E-state index contributed by atoms with van der Waals surface area (Å²) < 4.78 is 12.8. The largest absolute Gasteiger partial charge is 0.507 e. The van der Waals surface area contributed by atoms with Crippen LogP contribution in [-0.4, -0.2) is 10.9 Å². The highest BCUT2D eigenvalue weighted by atomic mass is 79.9. The molecule has 0 spiro atoms. The van der Waals surface area contributed by atoms with E-state index in [9.17, 15) is 9.18 Å². The van der Waals surface area contributed by atoms with E-state index in [2.05, 4.69) is 15.9 Å². The van der Waals surface area contributed by atoms with Crippen molar-refractivity contribution < 1.29 is 14.3 Å². The van der Waals surface area contributed by atoms with Gasteiger partial charge in [-0.15, -0.1) is 0 Å². The van der Waals surface area contributed by atoms with E-state index in [1.54, 1.807) is 0 Å². The molecular weight excluding hydrogens is 227 g/mol. The number of ketones is 1. The zero-order valence-electron chi connectivity index (χ0n) is 6.27. The molecule has 0 unspecified atom stereocenters. The van der Waals surface area contributed by atoms with Gasteiger partial charge in [0.05, 0.1) is 10.0 Å². The number of rotatable bonds is 1. The number of benzene rings is 1. The Balaban J connectivity index is 3.43. The molecule has 0 amide bonds. The lowest BCUT2D eigenvalue weighted by Gasteiger charge is -2.03. The van der Waals surface area contributed by atoms with Crippen LogP contribution in [0.5, 0.6) is 5.75 Å². The average molecular weight is 233 g/mol. The lowest BCUT2D eigenvalue weighted by Crippen LogP contribution is -1.96. The van der Waals surface area contributed by atoms with Crippen molar-refractivity contribution in [2.45, 2.75) is 6.92 Å². The molecule has 0 aliphatic rings. The number of hydrogen-bond donors (Lipinski definition) is 1. The first-order chi connectivity index (χ1) is 5.54. The van der Waals surface area contributed by atoms with Crippen LogP contribution in [0.4, 0.5) is 4.39 Å². The number of halogens is 2. The van der Waals surface area contributed by atoms with Crippen LogP contribution in [0.1, 0.15) is 17.3 Å². The molecule has 1 aromatic carbocycles. The third-order valence-electron chi connectivity index (χ3n) is 1.42. The standard InChI is InChI=1S/C8H6BrFO2/c1-4(11)7-6(12)3-2-5(10)8(7)9/h2-3,12H,1H3. The van der Waals surface area contributed by atoms with E-state index in [4.69, 9.17) is 5.11 Å². The van der Waals surface area contributed by atoms with Crippen molar-refractivity contribution in [3.8, 4) is 5.75 Å². The molecule has 64 valence electrons. The first-order valence-electron chi connectivity index (χ1n) is 3.22. The Morgan fingerprint density at radius 1 is 1.58 bits per heavy atom. The van der Waals surface area contributed by atoms with Gasteiger partial charge in [0.1, 0.15) is 11.6 Å². The van der Waals surface area contributed by atoms with Crippen LogP contribution in [0.3, 0.4) is 0 Å². The van der Waals surface area contributed by atoms with Crippen LogP contribution in [0.2, 0.25) is 0 Å². The van der Waals surface area contributed by atoms with Gasteiger partial charge in [-0.2, -0.15) is 0 Å². The van der Waals surface area contributed by atoms with Crippen LogP contribution in [0.15, 0.2) is 16.6 Å². The summed E-state index contributed by atoms with van der Waals surface area (Å²) in [5.41, 5.74) is -0.0185. The number of aromatic hydroxyl groups is 1. The van der Waals surface area contributed by atoms with Crippen molar-refractivity contribution in [3.05, 3.63) is 28.0 Å². The van der Waals surface area contributed by atoms with E-state index in [0.717, 1.165) is 12.1 Å². The van der Waals surface area contributed by atoms with Crippen LogP contribution in [0.25, 0.3) is 0 Å². The van der Waals surface area contributed by atoms with Crippen LogP contribution < -0.4 is 0 Å². The van der Waals surface area contributed by atoms with E-state index >= 15 is 0 Å². The molecule has 0 aliphatic heterocycles. The number of phenols is 1. The summed E-state index contributed by atoms with van der Waals surface area (Å²) in [7, 11) is 0.